The smallest absolute Gasteiger partial charge is 0.292 e. The SMILES string of the molecule is Cc1cccc(-n2nc(OCCCN)c(Cl)c(Cl)c2=O)c1.Cl. The standard InChI is InChI=1S/C14H15Cl2N3O2.ClH/c1-9-4-2-5-10(8-9)19-14(20)12(16)11(15)13(18-19)21-7-3-6-17;/h2,4-5,8H,3,6-7,17H2,1H3;1H. The number of nitrogens with two attached hydrogens (primary N) is 1. The fourth-order valence-corrected chi connectivity index (χ4v) is 2.07. The summed E-state index contributed by atoms with van der Waals surface area (Å²) < 4.78 is 6.62. The predicted molar refractivity (Wildman–Crippen MR) is 91.0 cm³/mol. The second-order valence-corrected chi connectivity index (χ2v) is 5.24. The molecule has 2 N–H and O–H groups in total. The van der Waals surface area contributed by atoms with Crippen LogP contribution in [0.5, 0.6) is 5.88 Å². The van der Waals surface area contributed by atoms with E-state index in [4.69, 9.17) is 33.7 Å². The van der Waals surface area contributed by atoms with E-state index >= 15 is 0 Å². The van der Waals surface area contributed by atoms with Crippen molar-refractivity contribution in [3.8, 4) is 11.6 Å². The Hall–Kier alpha value is -1.27. The van der Waals surface area contributed by atoms with Crippen molar-refractivity contribution in [3.05, 3.63) is 50.2 Å². The van der Waals surface area contributed by atoms with E-state index in [1.54, 1.807) is 6.07 Å². The number of ether oxygens (including phenoxy) is 1. The molecule has 0 amide bonds. The van der Waals surface area contributed by atoms with Gasteiger partial charge in [0.05, 0.1) is 12.3 Å². The van der Waals surface area contributed by atoms with E-state index in [-0.39, 0.29) is 28.3 Å². The normalized spacial score (nSPS) is 10.2. The van der Waals surface area contributed by atoms with Gasteiger partial charge < -0.3 is 10.5 Å². The van der Waals surface area contributed by atoms with Gasteiger partial charge in [-0.25, -0.2) is 0 Å². The van der Waals surface area contributed by atoms with Crippen LogP contribution >= 0.6 is 35.6 Å². The Kier molecular flexibility index (Phi) is 7.16. The molecule has 0 unspecified atom stereocenters. The van der Waals surface area contributed by atoms with Crippen LogP contribution in [0.3, 0.4) is 0 Å². The average molecular weight is 365 g/mol. The number of rotatable bonds is 5. The van der Waals surface area contributed by atoms with Crippen molar-refractivity contribution in [2.75, 3.05) is 13.2 Å². The first-order valence-corrected chi connectivity index (χ1v) is 7.18. The van der Waals surface area contributed by atoms with Gasteiger partial charge in [-0.15, -0.1) is 17.5 Å². The fraction of sp³-hybridized carbons (Fsp3) is 0.286. The molecular weight excluding hydrogens is 349 g/mol. The Balaban J connectivity index is 0.00000242. The van der Waals surface area contributed by atoms with Gasteiger partial charge in [0.15, 0.2) is 0 Å². The molecule has 0 atom stereocenters. The summed E-state index contributed by atoms with van der Waals surface area (Å²) in [5.74, 6) is 0.122. The maximum Gasteiger partial charge on any atom is 0.292 e. The highest BCUT2D eigenvalue weighted by Gasteiger charge is 2.16. The molecule has 120 valence electrons. The molecule has 0 saturated carbocycles. The van der Waals surface area contributed by atoms with Gasteiger partial charge in [-0.1, -0.05) is 35.3 Å². The molecule has 1 aromatic heterocycles. The second kappa shape index (κ2) is 8.39. The number of nitrogens with zero attached hydrogens (tertiary/aromatic N) is 2. The first kappa shape index (κ1) is 18.8. The zero-order valence-corrected chi connectivity index (χ0v) is 14.2. The Morgan fingerprint density at radius 1 is 1.32 bits per heavy atom. The van der Waals surface area contributed by atoms with Gasteiger partial charge in [0.2, 0.25) is 0 Å². The van der Waals surface area contributed by atoms with Crippen LogP contribution in [0, 0.1) is 6.92 Å². The lowest BCUT2D eigenvalue weighted by Gasteiger charge is -2.11. The molecule has 0 radical (unpaired) electrons. The molecular formula is C14H16Cl3N3O2. The van der Waals surface area contributed by atoms with Crippen LogP contribution in [0.2, 0.25) is 10.0 Å². The predicted octanol–water partition coefficient (Wildman–Crippen LogP) is 3.00. The van der Waals surface area contributed by atoms with Crippen LogP contribution in [0.1, 0.15) is 12.0 Å². The summed E-state index contributed by atoms with van der Waals surface area (Å²) in [6.45, 7) is 2.76. The lowest BCUT2D eigenvalue weighted by molar-refractivity contribution is 0.295. The van der Waals surface area contributed by atoms with Gasteiger partial charge in [-0.05, 0) is 37.6 Å². The minimum atomic E-state index is -0.488. The van der Waals surface area contributed by atoms with E-state index in [0.717, 1.165) is 5.56 Å². The molecule has 22 heavy (non-hydrogen) atoms. The van der Waals surface area contributed by atoms with Crippen molar-refractivity contribution in [3.63, 3.8) is 0 Å². The summed E-state index contributed by atoms with van der Waals surface area (Å²) in [5, 5.41) is 4.04. The van der Waals surface area contributed by atoms with Crippen LogP contribution in [-0.4, -0.2) is 22.9 Å². The van der Waals surface area contributed by atoms with Crippen LogP contribution in [0.25, 0.3) is 5.69 Å². The maximum absolute atomic E-state index is 12.2. The third-order valence-corrected chi connectivity index (χ3v) is 3.58. The largest absolute Gasteiger partial charge is 0.476 e. The van der Waals surface area contributed by atoms with Crippen molar-refractivity contribution in [1.82, 2.24) is 9.78 Å². The molecule has 0 spiro atoms. The Labute approximate surface area is 144 Å². The van der Waals surface area contributed by atoms with E-state index in [1.807, 2.05) is 25.1 Å². The summed E-state index contributed by atoms with van der Waals surface area (Å²) in [4.78, 5) is 12.2. The van der Waals surface area contributed by atoms with Gasteiger partial charge in [-0.2, -0.15) is 4.68 Å². The van der Waals surface area contributed by atoms with Gasteiger partial charge >= 0.3 is 0 Å². The van der Waals surface area contributed by atoms with Crippen molar-refractivity contribution in [2.45, 2.75) is 13.3 Å². The van der Waals surface area contributed by atoms with E-state index in [1.165, 1.54) is 4.68 Å². The van der Waals surface area contributed by atoms with Crippen LogP contribution in [-0.2, 0) is 0 Å². The number of halogens is 3. The molecule has 1 aromatic carbocycles. The quantitative estimate of drug-likeness (QED) is 0.828. The van der Waals surface area contributed by atoms with Gasteiger partial charge in [0, 0.05) is 0 Å². The summed E-state index contributed by atoms with van der Waals surface area (Å²) in [5.41, 5.74) is 6.52. The third-order valence-electron chi connectivity index (χ3n) is 2.78. The highest BCUT2D eigenvalue weighted by atomic mass is 35.5. The van der Waals surface area contributed by atoms with Crippen LogP contribution in [0.15, 0.2) is 29.1 Å². The summed E-state index contributed by atoms with van der Waals surface area (Å²) in [6.07, 6.45) is 0.652. The van der Waals surface area contributed by atoms with Crippen molar-refractivity contribution in [1.29, 1.82) is 0 Å². The molecule has 0 bridgehead atoms. The summed E-state index contributed by atoms with van der Waals surface area (Å²) in [7, 11) is 0. The number of aromatic nitrogens is 2. The van der Waals surface area contributed by atoms with E-state index in [9.17, 15) is 4.79 Å². The summed E-state index contributed by atoms with van der Waals surface area (Å²) >= 11 is 12.0. The fourth-order valence-electron chi connectivity index (χ4n) is 1.74. The molecule has 0 aliphatic carbocycles. The summed E-state index contributed by atoms with van der Waals surface area (Å²) in [6, 6.07) is 7.33. The van der Waals surface area contributed by atoms with Crippen molar-refractivity contribution < 1.29 is 4.74 Å². The van der Waals surface area contributed by atoms with Crippen molar-refractivity contribution in [2.24, 2.45) is 5.73 Å². The molecule has 2 aromatic rings. The number of benzene rings is 1. The Bertz CT molecular complexity index is 704. The number of hydrogen-bond acceptors (Lipinski definition) is 4. The lowest BCUT2D eigenvalue weighted by Crippen LogP contribution is -2.23. The average Bonchev–Trinajstić information content (AvgIpc) is 2.47. The van der Waals surface area contributed by atoms with Gasteiger partial charge in [0.25, 0.3) is 11.4 Å². The number of hydrogen-bond donors (Lipinski definition) is 1. The van der Waals surface area contributed by atoms with E-state index in [0.29, 0.717) is 25.3 Å². The molecule has 0 aliphatic rings. The minimum absolute atomic E-state index is 0. The molecule has 5 nitrogen and oxygen atoms in total. The van der Waals surface area contributed by atoms with Crippen LogP contribution < -0.4 is 16.0 Å². The Morgan fingerprint density at radius 2 is 2.05 bits per heavy atom. The maximum atomic E-state index is 12.2. The van der Waals surface area contributed by atoms with E-state index < -0.39 is 5.56 Å². The highest BCUT2D eigenvalue weighted by molar-refractivity contribution is 6.42. The highest BCUT2D eigenvalue weighted by Crippen LogP contribution is 2.27. The topological polar surface area (TPSA) is 70.1 Å². The minimum Gasteiger partial charge on any atom is -0.476 e. The van der Waals surface area contributed by atoms with Crippen molar-refractivity contribution >= 4 is 35.6 Å². The molecule has 0 aliphatic heterocycles. The third kappa shape index (κ3) is 4.14. The Morgan fingerprint density at radius 3 is 2.68 bits per heavy atom. The molecule has 8 heteroatoms. The second-order valence-electron chi connectivity index (χ2n) is 4.48. The van der Waals surface area contributed by atoms with Crippen LogP contribution in [0.4, 0.5) is 0 Å². The zero-order valence-electron chi connectivity index (χ0n) is 11.9. The zero-order chi connectivity index (χ0) is 15.4. The first-order valence-electron chi connectivity index (χ1n) is 6.43. The van der Waals surface area contributed by atoms with E-state index in [2.05, 4.69) is 5.10 Å². The monoisotopic (exact) mass is 363 g/mol. The first-order chi connectivity index (χ1) is 10.0. The molecule has 1 heterocycles. The molecule has 0 saturated heterocycles. The molecule has 0 fully saturated rings. The molecule has 2 rings (SSSR count). The number of aryl methyl sites for hydroxylation is 1. The lowest BCUT2D eigenvalue weighted by atomic mass is 10.2. The van der Waals surface area contributed by atoms with Gasteiger partial charge in [0.1, 0.15) is 10.0 Å². The van der Waals surface area contributed by atoms with Gasteiger partial charge in [-0.3, -0.25) is 4.79 Å².